The Balaban J connectivity index is 2.54. The molecule has 0 fully saturated rings. The van der Waals surface area contributed by atoms with Crippen LogP contribution in [0.1, 0.15) is 18.9 Å². The monoisotopic (exact) mass is 216 g/mol. The van der Waals surface area contributed by atoms with Crippen molar-refractivity contribution in [2.24, 2.45) is 0 Å². The molecule has 16 heavy (non-hydrogen) atoms. The molecular weight excluding hydrogens is 204 g/mol. The highest BCUT2D eigenvalue weighted by Crippen LogP contribution is 2.41. The summed E-state index contributed by atoms with van der Waals surface area (Å²) in [7, 11) is 1.58. The van der Waals surface area contributed by atoms with Gasteiger partial charge < -0.3 is 10.1 Å². The molecule has 0 spiro atoms. The minimum Gasteiger partial charge on any atom is -0.497 e. The molecule has 1 heterocycles. The second-order valence-electron chi connectivity index (χ2n) is 4.03. The molecule has 0 aliphatic carbocycles. The lowest BCUT2D eigenvalue weighted by Crippen LogP contribution is -2.30. The summed E-state index contributed by atoms with van der Waals surface area (Å²) in [6, 6.07) is 7.46. The summed E-state index contributed by atoms with van der Waals surface area (Å²) in [4.78, 5) is 11.8. The Labute approximate surface area is 93.8 Å². The molecule has 1 amide bonds. The lowest BCUT2D eigenvalue weighted by molar-refractivity contribution is -0.120. The zero-order chi connectivity index (χ0) is 11.8. The van der Waals surface area contributed by atoms with Gasteiger partial charge >= 0.3 is 0 Å². The van der Waals surface area contributed by atoms with Gasteiger partial charge in [0.15, 0.2) is 0 Å². The Morgan fingerprint density at radius 2 is 2.31 bits per heavy atom. The number of methoxy groups -OCH3 is 1. The second kappa shape index (κ2) is 3.53. The maximum absolute atomic E-state index is 11.8. The summed E-state index contributed by atoms with van der Waals surface area (Å²) in [5.41, 5.74) is 0.834. The number of nitrogens with zero attached hydrogens (tertiary/aromatic N) is 1. The smallest absolute Gasteiger partial charge is 0.235 e. The Hall–Kier alpha value is -2.02. The molecule has 4 nitrogen and oxygen atoms in total. The van der Waals surface area contributed by atoms with Crippen LogP contribution in [0.3, 0.4) is 0 Å². The molecular formula is C12H12N2O2. The quantitative estimate of drug-likeness (QED) is 0.820. The minimum atomic E-state index is -0.765. The fourth-order valence-corrected chi connectivity index (χ4v) is 1.93. The predicted molar refractivity (Wildman–Crippen MR) is 59.2 cm³/mol. The SMILES string of the molecule is COc1ccc2c(c1)C(C)(CC#N)C(=O)N2. The van der Waals surface area contributed by atoms with Gasteiger partial charge in [-0.05, 0) is 30.7 Å². The molecule has 0 aromatic heterocycles. The zero-order valence-corrected chi connectivity index (χ0v) is 9.20. The summed E-state index contributed by atoms with van der Waals surface area (Å²) >= 11 is 0. The highest BCUT2D eigenvalue weighted by Gasteiger charge is 2.42. The molecule has 1 aliphatic heterocycles. The lowest BCUT2D eigenvalue weighted by atomic mass is 9.81. The average Bonchev–Trinajstić information content (AvgIpc) is 2.52. The van der Waals surface area contributed by atoms with Crippen LogP contribution >= 0.6 is 0 Å². The summed E-state index contributed by atoms with van der Waals surface area (Å²) in [5, 5.41) is 11.6. The first-order valence-electron chi connectivity index (χ1n) is 4.99. The molecule has 0 saturated heterocycles. The van der Waals surface area contributed by atoms with Gasteiger partial charge in [0.05, 0.1) is 25.0 Å². The minimum absolute atomic E-state index is 0.127. The lowest BCUT2D eigenvalue weighted by Gasteiger charge is -2.18. The van der Waals surface area contributed by atoms with Crippen LogP contribution in [0, 0.1) is 11.3 Å². The van der Waals surface area contributed by atoms with Crippen LogP contribution in [-0.4, -0.2) is 13.0 Å². The number of carbonyl (C=O) groups is 1. The van der Waals surface area contributed by atoms with Gasteiger partial charge in [0, 0.05) is 5.69 Å². The van der Waals surface area contributed by atoms with Gasteiger partial charge in [-0.25, -0.2) is 0 Å². The zero-order valence-electron chi connectivity index (χ0n) is 9.20. The maximum Gasteiger partial charge on any atom is 0.235 e. The van der Waals surface area contributed by atoms with E-state index in [0.29, 0.717) is 5.75 Å². The van der Waals surface area contributed by atoms with Crippen LogP contribution in [-0.2, 0) is 10.2 Å². The standard InChI is InChI=1S/C12H12N2O2/c1-12(5-6-13)9-7-8(16-2)3-4-10(9)14-11(12)15/h3-4,7H,5H2,1-2H3,(H,14,15). The third kappa shape index (κ3) is 1.33. The summed E-state index contributed by atoms with van der Waals surface area (Å²) in [5.74, 6) is 0.566. The number of amides is 1. The van der Waals surface area contributed by atoms with Gasteiger partial charge in [-0.3, -0.25) is 4.79 Å². The molecule has 1 N–H and O–H groups in total. The fourth-order valence-electron chi connectivity index (χ4n) is 1.93. The molecule has 82 valence electrons. The van der Waals surface area contributed by atoms with Crippen molar-refractivity contribution in [3.05, 3.63) is 23.8 Å². The van der Waals surface area contributed by atoms with Gasteiger partial charge in [0.25, 0.3) is 0 Å². The van der Waals surface area contributed by atoms with Crippen molar-refractivity contribution in [3.8, 4) is 11.8 Å². The van der Waals surface area contributed by atoms with Gasteiger partial charge in [-0.2, -0.15) is 5.26 Å². The highest BCUT2D eigenvalue weighted by atomic mass is 16.5. The van der Waals surface area contributed by atoms with Crippen LogP contribution in [0.5, 0.6) is 5.75 Å². The number of rotatable bonds is 2. The second-order valence-corrected chi connectivity index (χ2v) is 4.03. The van der Waals surface area contributed by atoms with Crippen LogP contribution in [0.4, 0.5) is 5.69 Å². The third-order valence-corrected chi connectivity index (χ3v) is 3.00. The number of benzene rings is 1. The first-order chi connectivity index (χ1) is 7.61. The van der Waals surface area contributed by atoms with Gasteiger partial charge in [0.2, 0.25) is 5.91 Å². The van der Waals surface area contributed by atoms with Gasteiger partial charge in [-0.15, -0.1) is 0 Å². The van der Waals surface area contributed by atoms with Crippen LogP contribution in [0.25, 0.3) is 0 Å². The van der Waals surface area contributed by atoms with E-state index in [1.54, 1.807) is 26.2 Å². The van der Waals surface area contributed by atoms with Crippen molar-refractivity contribution in [1.82, 2.24) is 0 Å². The molecule has 2 rings (SSSR count). The largest absolute Gasteiger partial charge is 0.497 e. The van der Waals surface area contributed by atoms with Crippen molar-refractivity contribution >= 4 is 11.6 Å². The molecule has 1 unspecified atom stereocenters. The summed E-state index contributed by atoms with van der Waals surface area (Å²) in [6.45, 7) is 1.77. The molecule has 1 aliphatic rings. The molecule has 1 atom stereocenters. The number of hydrogen-bond acceptors (Lipinski definition) is 3. The molecule has 4 heteroatoms. The highest BCUT2D eigenvalue weighted by molar-refractivity contribution is 6.06. The molecule has 0 radical (unpaired) electrons. The molecule has 0 saturated carbocycles. The Morgan fingerprint density at radius 1 is 1.56 bits per heavy atom. The summed E-state index contributed by atoms with van der Waals surface area (Å²) in [6.07, 6.45) is 0.166. The van der Waals surface area contributed by atoms with E-state index < -0.39 is 5.41 Å². The topological polar surface area (TPSA) is 62.1 Å². The van der Waals surface area contributed by atoms with Crippen molar-refractivity contribution in [1.29, 1.82) is 5.26 Å². The number of carbonyl (C=O) groups excluding carboxylic acids is 1. The van der Waals surface area contributed by atoms with E-state index in [9.17, 15) is 4.79 Å². The Morgan fingerprint density at radius 3 is 2.94 bits per heavy atom. The van der Waals surface area contributed by atoms with E-state index in [4.69, 9.17) is 10.00 Å². The van der Waals surface area contributed by atoms with Crippen molar-refractivity contribution in [3.63, 3.8) is 0 Å². The van der Waals surface area contributed by atoms with Crippen LogP contribution in [0.15, 0.2) is 18.2 Å². The van der Waals surface area contributed by atoms with E-state index in [1.165, 1.54) is 0 Å². The number of anilines is 1. The predicted octanol–water partition coefficient (Wildman–Crippen LogP) is 1.82. The number of hydrogen-bond donors (Lipinski definition) is 1. The van der Waals surface area contributed by atoms with E-state index in [2.05, 4.69) is 11.4 Å². The average molecular weight is 216 g/mol. The van der Waals surface area contributed by atoms with E-state index >= 15 is 0 Å². The van der Waals surface area contributed by atoms with Crippen LogP contribution < -0.4 is 10.1 Å². The fraction of sp³-hybridized carbons (Fsp3) is 0.333. The molecule has 1 aromatic carbocycles. The Kier molecular flexibility index (Phi) is 2.31. The van der Waals surface area contributed by atoms with E-state index in [1.807, 2.05) is 6.07 Å². The molecule has 0 bridgehead atoms. The number of nitrogens with one attached hydrogen (secondary N) is 1. The molecule has 1 aromatic rings. The van der Waals surface area contributed by atoms with Crippen molar-refractivity contribution in [2.75, 3.05) is 12.4 Å². The third-order valence-electron chi connectivity index (χ3n) is 3.00. The van der Waals surface area contributed by atoms with Gasteiger partial charge in [0.1, 0.15) is 5.75 Å². The first-order valence-corrected chi connectivity index (χ1v) is 4.99. The summed E-state index contributed by atoms with van der Waals surface area (Å²) < 4.78 is 5.12. The van der Waals surface area contributed by atoms with Crippen molar-refractivity contribution < 1.29 is 9.53 Å². The number of ether oxygens (including phenoxy) is 1. The first kappa shape index (κ1) is 10.5. The van der Waals surface area contributed by atoms with Crippen LogP contribution in [0.2, 0.25) is 0 Å². The number of fused-ring (bicyclic) bond motifs is 1. The number of nitriles is 1. The van der Waals surface area contributed by atoms with E-state index in [-0.39, 0.29) is 12.3 Å². The van der Waals surface area contributed by atoms with Crippen molar-refractivity contribution in [2.45, 2.75) is 18.8 Å². The van der Waals surface area contributed by atoms with Gasteiger partial charge in [-0.1, -0.05) is 0 Å². The maximum atomic E-state index is 11.8. The van der Waals surface area contributed by atoms with E-state index in [0.717, 1.165) is 11.3 Å². The Bertz CT molecular complexity index is 490. The normalized spacial score (nSPS) is 22.2.